The lowest BCUT2D eigenvalue weighted by atomic mass is 10.1. The van der Waals surface area contributed by atoms with E-state index in [4.69, 9.17) is 15.0 Å². The zero-order valence-electron chi connectivity index (χ0n) is 22.5. The summed E-state index contributed by atoms with van der Waals surface area (Å²) in [5.41, 5.74) is 6.50. The number of hydrogen-bond donors (Lipinski definition) is 0. The first-order valence-electron chi connectivity index (χ1n) is 13.1. The monoisotopic (exact) mass is 486 g/mol. The van der Waals surface area contributed by atoms with Crippen molar-refractivity contribution in [2.24, 2.45) is 0 Å². The molecule has 0 aliphatic rings. The molecular weight excluding hydrogens is 452 g/mol. The molecular formula is C33H34N4. The molecule has 6 rings (SSSR count). The van der Waals surface area contributed by atoms with Gasteiger partial charge in [0.05, 0.1) is 11.0 Å². The quantitative estimate of drug-likeness (QED) is 0.251. The maximum atomic E-state index is 4.96. The van der Waals surface area contributed by atoms with Crippen molar-refractivity contribution in [1.82, 2.24) is 19.5 Å². The van der Waals surface area contributed by atoms with Gasteiger partial charge in [-0.3, -0.25) is 4.57 Å². The standard InChI is InChI=1S/C29H22N4.2C2H6/c1-19-11-15-21(16-12-19)27-30-28(22-17-13-20(2)14-18-22)32-29(31-27)33-25-9-5-3-7-23(25)24-8-4-6-10-26(24)33;2*1-2/h3-18H,1-2H3;2*1-2H3. The molecule has 0 amide bonds. The molecule has 0 spiro atoms. The number of benzene rings is 4. The van der Waals surface area contributed by atoms with Crippen LogP contribution in [-0.4, -0.2) is 19.5 Å². The molecule has 0 fully saturated rings. The van der Waals surface area contributed by atoms with E-state index in [1.807, 2.05) is 27.7 Å². The van der Waals surface area contributed by atoms with Gasteiger partial charge in [-0.25, -0.2) is 4.98 Å². The van der Waals surface area contributed by atoms with E-state index in [9.17, 15) is 0 Å². The Balaban J connectivity index is 0.000000765. The van der Waals surface area contributed by atoms with E-state index < -0.39 is 0 Å². The fraction of sp³-hybridized carbons (Fsp3) is 0.182. The molecule has 2 aromatic heterocycles. The van der Waals surface area contributed by atoms with Crippen LogP contribution in [0.1, 0.15) is 38.8 Å². The molecule has 186 valence electrons. The zero-order valence-corrected chi connectivity index (χ0v) is 22.5. The number of nitrogens with zero attached hydrogens (tertiary/aromatic N) is 4. The molecule has 0 radical (unpaired) electrons. The van der Waals surface area contributed by atoms with Gasteiger partial charge in [0.1, 0.15) is 0 Å². The molecule has 0 unspecified atom stereocenters. The summed E-state index contributed by atoms with van der Waals surface area (Å²) >= 11 is 0. The largest absolute Gasteiger partial charge is 0.278 e. The minimum absolute atomic E-state index is 0.619. The van der Waals surface area contributed by atoms with Gasteiger partial charge in [0.2, 0.25) is 5.95 Å². The van der Waals surface area contributed by atoms with Gasteiger partial charge in [-0.2, -0.15) is 9.97 Å². The van der Waals surface area contributed by atoms with Crippen LogP contribution in [0, 0.1) is 13.8 Å². The van der Waals surface area contributed by atoms with Crippen LogP contribution in [0.15, 0.2) is 97.1 Å². The average Bonchev–Trinajstić information content (AvgIpc) is 3.30. The van der Waals surface area contributed by atoms with E-state index in [-0.39, 0.29) is 0 Å². The van der Waals surface area contributed by atoms with Crippen LogP contribution in [0.4, 0.5) is 0 Å². The van der Waals surface area contributed by atoms with E-state index in [0.29, 0.717) is 17.6 Å². The van der Waals surface area contributed by atoms with Crippen LogP contribution < -0.4 is 0 Å². The number of aryl methyl sites for hydroxylation is 2. The highest BCUT2D eigenvalue weighted by molar-refractivity contribution is 6.08. The van der Waals surface area contributed by atoms with Crippen LogP contribution in [0.2, 0.25) is 0 Å². The summed E-state index contributed by atoms with van der Waals surface area (Å²) in [4.78, 5) is 14.8. The van der Waals surface area contributed by atoms with Crippen LogP contribution >= 0.6 is 0 Å². The summed E-state index contributed by atoms with van der Waals surface area (Å²) in [6.45, 7) is 12.2. The van der Waals surface area contributed by atoms with Crippen molar-refractivity contribution in [1.29, 1.82) is 0 Å². The van der Waals surface area contributed by atoms with E-state index in [2.05, 4.69) is 115 Å². The molecule has 0 aliphatic carbocycles. The van der Waals surface area contributed by atoms with E-state index in [1.54, 1.807) is 0 Å². The molecule has 4 heteroatoms. The lowest BCUT2D eigenvalue weighted by Crippen LogP contribution is -2.06. The normalized spacial score (nSPS) is 10.4. The Bertz CT molecular complexity index is 1490. The molecule has 0 N–H and O–H groups in total. The van der Waals surface area contributed by atoms with Gasteiger partial charge in [0.15, 0.2) is 11.6 Å². The second-order valence-electron chi connectivity index (χ2n) is 8.38. The second kappa shape index (κ2) is 11.6. The fourth-order valence-electron chi connectivity index (χ4n) is 4.27. The van der Waals surface area contributed by atoms with Crippen LogP contribution in [0.3, 0.4) is 0 Å². The molecule has 0 saturated heterocycles. The Morgan fingerprint density at radius 3 is 1.24 bits per heavy atom. The third kappa shape index (κ3) is 5.14. The highest BCUT2D eigenvalue weighted by Gasteiger charge is 2.17. The topological polar surface area (TPSA) is 43.6 Å². The SMILES string of the molecule is CC.CC.Cc1ccc(-c2nc(-c3ccc(C)cc3)nc(-n3c4ccccc4c4ccccc43)n2)cc1. The molecule has 37 heavy (non-hydrogen) atoms. The maximum absolute atomic E-state index is 4.96. The van der Waals surface area contributed by atoms with Crippen molar-refractivity contribution < 1.29 is 0 Å². The summed E-state index contributed by atoms with van der Waals surface area (Å²) in [6.07, 6.45) is 0. The Hall–Kier alpha value is -4.31. The van der Waals surface area contributed by atoms with Crippen molar-refractivity contribution in [3.05, 3.63) is 108 Å². The first kappa shape index (κ1) is 25.8. The number of para-hydroxylation sites is 2. The van der Waals surface area contributed by atoms with Gasteiger partial charge in [-0.05, 0) is 26.0 Å². The number of hydrogen-bond acceptors (Lipinski definition) is 3. The highest BCUT2D eigenvalue weighted by Crippen LogP contribution is 2.32. The van der Waals surface area contributed by atoms with Crippen LogP contribution in [-0.2, 0) is 0 Å². The zero-order chi connectivity index (χ0) is 26.4. The smallest absolute Gasteiger partial charge is 0.238 e. The minimum atomic E-state index is 0.619. The Labute approximate surface area is 219 Å². The summed E-state index contributed by atoms with van der Waals surface area (Å²) in [6, 6.07) is 33.4. The van der Waals surface area contributed by atoms with Crippen LogP contribution in [0.25, 0.3) is 50.5 Å². The molecule has 0 bridgehead atoms. The van der Waals surface area contributed by atoms with Crippen molar-refractivity contribution >= 4 is 21.8 Å². The lowest BCUT2D eigenvalue weighted by molar-refractivity contribution is 0.953. The first-order valence-corrected chi connectivity index (χ1v) is 13.1. The number of rotatable bonds is 3. The second-order valence-corrected chi connectivity index (χ2v) is 8.38. The lowest BCUT2D eigenvalue weighted by Gasteiger charge is -2.11. The number of aromatic nitrogens is 4. The maximum Gasteiger partial charge on any atom is 0.238 e. The van der Waals surface area contributed by atoms with E-state index in [0.717, 1.165) is 22.2 Å². The van der Waals surface area contributed by atoms with Gasteiger partial charge >= 0.3 is 0 Å². The van der Waals surface area contributed by atoms with E-state index in [1.165, 1.54) is 21.9 Å². The van der Waals surface area contributed by atoms with Crippen molar-refractivity contribution in [3.63, 3.8) is 0 Å². The Morgan fingerprint density at radius 1 is 0.459 bits per heavy atom. The molecule has 0 saturated carbocycles. The fourth-order valence-corrected chi connectivity index (χ4v) is 4.27. The molecule has 2 heterocycles. The van der Waals surface area contributed by atoms with Crippen molar-refractivity contribution in [3.8, 4) is 28.7 Å². The van der Waals surface area contributed by atoms with Crippen LogP contribution in [0.5, 0.6) is 0 Å². The third-order valence-corrected chi connectivity index (χ3v) is 6.02. The summed E-state index contributed by atoms with van der Waals surface area (Å²) in [7, 11) is 0. The average molecular weight is 487 g/mol. The minimum Gasteiger partial charge on any atom is -0.278 e. The summed E-state index contributed by atoms with van der Waals surface area (Å²) in [5.74, 6) is 1.95. The predicted octanol–water partition coefficient (Wildman–Crippen LogP) is 8.97. The molecule has 6 aromatic rings. The first-order chi connectivity index (χ1) is 18.2. The predicted molar refractivity (Wildman–Crippen MR) is 157 cm³/mol. The van der Waals surface area contributed by atoms with Crippen molar-refractivity contribution in [2.75, 3.05) is 0 Å². The van der Waals surface area contributed by atoms with Gasteiger partial charge in [0, 0.05) is 21.9 Å². The van der Waals surface area contributed by atoms with Gasteiger partial charge in [-0.1, -0.05) is 124 Å². The Morgan fingerprint density at radius 2 is 0.838 bits per heavy atom. The molecule has 4 aromatic carbocycles. The van der Waals surface area contributed by atoms with Gasteiger partial charge < -0.3 is 0 Å². The molecule has 4 nitrogen and oxygen atoms in total. The summed E-state index contributed by atoms with van der Waals surface area (Å²) < 4.78 is 2.14. The molecule has 0 atom stereocenters. The highest BCUT2D eigenvalue weighted by atomic mass is 15.2. The molecule has 0 aliphatic heterocycles. The number of fused-ring (bicyclic) bond motifs is 3. The summed E-state index contributed by atoms with van der Waals surface area (Å²) in [5, 5.41) is 2.37. The Kier molecular flexibility index (Phi) is 8.09. The van der Waals surface area contributed by atoms with Gasteiger partial charge in [-0.15, -0.1) is 0 Å². The third-order valence-electron chi connectivity index (χ3n) is 6.02. The van der Waals surface area contributed by atoms with Gasteiger partial charge in [0.25, 0.3) is 0 Å². The van der Waals surface area contributed by atoms with E-state index >= 15 is 0 Å². The van der Waals surface area contributed by atoms with Crippen molar-refractivity contribution in [2.45, 2.75) is 41.5 Å².